The molecule has 0 saturated carbocycles. The summed E-state index contributed by atoms with van der Waals surface area (Å²) in [7, 11) is 1.66. The summed E-state index contributed by atoms with van der Waals surface area (Å²) in [5, 5.41) is 8.79. The molecular formula is C11H15BrN2O2. The highest BCUT2D eigenvalue weighted by molar-refractivity contribution is 9.10. The Kier molecular flexibility index (Phi) is 4.92. The van der Waals surface area contributed by atoms with Crippen LogP contribution in [-0.2, 0) is 11.3 Å². The number of rotatable bonds is 4. The summed E-state index contributed by atoms with van der Waals surface area (Å²) in [6, 6.07) is 6.82. The standard InChI is InChI=1S/C11H15BrN2O2/c1-14(11(16)10(13)7-15)6-8-4-2-3-5-9(8)12/h2-5,10,15H,6-7,13H2,1H3. The van der Waals surface area contributed by atoms with Gasteiger partial charge in [0.2, 0.25) is 5.91 Å². The van der Waals surface area contributed by atoms with Crippen LogP contribution in [0.5, 0.6) is 0 Å². The fraction of sp³-hybridized carbons (Fsp3) is 0.364. The summed E-state index contributed by atoms with van der Waals surface area (Å²) in [6.07, 6.45) is 0. The number of aliphatic hydroxyl groups excluding tert-OH is 1. The minimum Gasteiger partial charge on any atom is -0.394 e. The lowest BCUT2D eigenvalue weighted by atomic mass is 10.2. The summed E-state index contributed by atoms with van der Waals surface area (Å²) in [5.74, 6) is -0.266. The van der Waals surface area contributed by atoms with Crippen molar-refractivity contribution in [3.63, 3.8) is 0 Å². The van der Waals surface area contributed by atoms with Crippen LogP contribution in [0.3, 0.4) is 0 Å². The lowest BCUT2D eigenvalue weighted by molar-refractivity contribution is -0.132. The molecule has 1 amide bonds. The van der Waals surface area contributed by atoms with E-state index in [-0.39, 0.29) is 12.5 Å². The van der Waals surface area contributed by atoms with Gasteiger partial charge in [0.15, 0.2) is 0 Å². The van der Waals surface area contributed by atoms with Crippen LogP contribution in [0.15, 0.2) is 28.7 Å². The summed E-state index contributed by atoms with van der Waals surface area (Å²) in [6.45, 7) is 0.132. The first-order valence-electron chi connectivity index (χ1n) is 4.91. The maximum absolute atomic E-state index is 11.6. The smallest absolute Gasteiger partial charge is 0.241 e. The number of likely N-dealkylation sites (N-methyl/N-ethyl adjacent to an activating group) is 1. The van der Waals surface area contributed by atoms with Gasteiger partial charge in [0.05, 0.1) is 6.61 Å². The van der Waals surface area contributed by atoms with Crippen LogP contribution >= 0.6 is 15.9 Å². The highest BCUT2D eigenvalue weighted by atomic mass is 79.9. The zero-order valence-electron chi connectivity index (χ0n) is 9.06. The van der Waals surface area contributed by atoms with Crippen molar-refractivity contribution in [1.82, 2.24) is 4.90 Å². The molecule has 1 aromatic rings. The van der Waals surface area contributed by atoms with Gasteiger partial charge >= 0.3 is 0 Å². The zero-order chi connectivity index (χ0) is 12.1. The Balaban J connectivity index is 2.68. The molecule has 0 aromatic heterocycles. The normalized spacial score (nSPS) is 12.2. The molecule has 1 rings (SSSR count). The van der Waals surface area contributed by atoms with Crippen molar-refractivity contribution < 1.29 is 9.90 Å². The number of nitrogens with two attached hydrogens (primary N) is 1. The van der Waals surface area contributed by atoms with E-state index in [0.29, 0.717) is 6.54 Å². The van der Waals surface area contributed by atoms with Crippen LogP contribution in [0.4, 0.5) is 0 Å². The summed E-state index contributed by atoms with van der Waals surface area (Å²) >= 11 is 3.41. The number of hydrogen-bond donors (Lipinski definition) is 2. The lowest BCUT2D eigenvalue weighted by Gasteiger charge is -2.20. The minimum atomic E-state index is -0.840. The SMILES string of the molecule is CN(Cc1ccccc1Br)C(=O)C(N)CO. The summed E-state index contributed by atoms with van der Waals surface area (Å²) in [4.78, 5) is 13.1. The van der Waals surface area contributed by atoms with Crippen LogP contribution < -0.4 is 5.73 Å². The Labute approximate surface area is 103 Å². The Morgan fingerprint density at radius 3 is 2.75 bits per heavy atom. The fourth-order valence-electron chi connectivity index (χ4n) is 1.32. The molecule has 3 N–H and O–H groups in total. The number of hydrogen-bond acceptors (Lipinski definition) is 3. The second-order valence-electron chi connectivity index (χ2n) is 3.57. The molecule has 88 valence electrons. The molecule has 0 aliphatic carbocycles. The van der Waals surface area contributed by atoms with Gasteiger partial charge in [0, 0.05) is 18.1 Å². The molecule has 0 radical (unpaired) electrons. The average molecular weight is 287 g/mol. The van der Waals surface area contributed by atoms with Gasteiger partial charge in [-0.3, -0.25) is 4.79 Å². The molecule has 0 bridgehead atoms. The van der Waals surface area contributed by atoms with E-state index in [1.54, 1.807) is 7.05 Å². The van der Waals surface area contributed by atoms with Crippen LogP contribution in [-0.4, -0.2) is 35.6 Å². The molecular weight excluding hydrogens is 272 g/mol. The first kappa shape index (κ1) is 13.2. The summed E-state index contributed by atoms with van der Waals surface area (Å²) < 4.78 is 0.951. The second-order valence-corrected chi connectivity index (χ2v) is 4.43. The molecule has 0 fully saturated rings. The molecule has 1 aromatic carbocycles. The number of aliphatic hydroxyl groups is 1. The lowest BCUT2D eigenvalue weighted by Crippen LogP contribution is -2.43. The number of carbonyl (C=O) groups excluding carboxylic acids is 1. The van der Waals surface area contributed by atoms with Gasteiger partial charge in [0.1, 0.15) is 6.04 Å². The van der Waals surface area contributed by atoms with E-state index in [1.165, 1.54) is 4.90 Å². The number of amides is 1. The molecule has 0 aliphatic heterocycles. The van der Waals surface area contributed by atoms with Gasteiger partial charge in [-0.2, -0.15) is 0 Å². The van der Waals surface area contributed by atoms with Crippen LogP contribution in [0, 0.1) is 0 Å². The monoisotopic (exact) mass is 286 g/mol. The van der Waals surface area contributed by atoms with Gasteiger partial charge in [-0.15, -0.1) is 0 Å². The number of halogens is 1. The average Bonchev–Trinajstić information content (AvgIpc) is 2.30. The van der Waals surface area contributed by atoms with Crippen molar-refractivity contribution >= 4 is 21.8 Å². The summed E-state index contributed by atoms with van der Waals surface area (Å²) in [5.41, 5.74) is 6.46. The topological polar surface area (TPSA) is 66.6 Å². The molecule has 1 unspecified atom stereocenters. The second kappa shape index (κ2) is 5.98. The Morgan fingerprint density at radius 2 is 2.19 bits per heavy atom. The molecule has 0 saturated heterocycles. The third kappa shape index (κ3) is 3.30. The maximum atomic E-state index is 11.6. The maximum Gasteiger partial charge on any atom is 0.241 e. The predicted molar refractivity (Wildman–Crippen MR) is 65.7 cm³/mol. The largest absolute Gasteiger partial charge is 0.394 e. The highest BCUT2D eigenvalue weighted by Gasteiger charge is 2.17. The number of carbonyl (C=O) groups is 1. The molecule has 16 heavy (non-hydrogen) atoms. The van der Waals surface area contributed by atoms with Crippen molar-refractivity contribution in [3.8, 4) is 0 Å². The molecule has 1 atom stereocenters. The molecule has 0 aliphatic rings. The van der Waals surface area contributed by atoms with Crippen molar-refractivity contribution in [2.24, 2.45) is 5.73 Å². The Hall–Kier alpha value is -0.910. The predicted octanol–water partition coefficient (Wildman–Crippen LogP) is 0.727. The van der Waals surface area contributed by atoms with E-state index in [2.05, 4.69) is 15.9 Å². The van der Waals surface area contributed by atoms with Crippen LogP contribution in [0.2, 0.25) is 0 Å². The van der Waals surface area contributed by atoms with Crippen molar-refractivity contribution in [1.29, 1.82) is 0 Å². The third-order valence-electron chi connectivity index (χ3n) is 2.26. The minimum absolute atomic E-state index is 0.266. The van der Waals surface area contributed by atoms with Crippen LogP contribution in [0.1, 0.15) is 5.56 Å². The van der Waals surface area contributed by atoms with Gasteiger partial charge in [-0.25, -0.2) is 0 Å². The fourth-order valence-corrected chi connectivity index (χ4v) is 1.73. The number of benzene rings is 1. The highest BCUT2D eigenvalue weighted by Crippen LogP contribution is 2.17. The van der Waals surface area contributed by atoms with Gasteiger partial charge in [-0.1, -0.05) is 34.1 Å². The van der Waals surface area contributed by atoms with Gasteiger partial charge < -0.3 is 15.7 Å². The first-order valence-corrected chi connectivity index (χ1v) is 5.70. The molecule has 0 spiro atoms. The first-order chi connectivity index (χ1) is 7.56. The van der Waals surface area contributed by atoms with Crippen LogP contribution in [0.25, 0.3) is 0 Å². The van der Waals surface area contributed by atoms with Crippen molar-refractivity contribution in [2.45, 2.75) is 12.6 Å². The van der Waals surface area contributed by atoms with E-state index in [9.17, 15) is 4.79 Å². The van der Waals surface area contributed by atoms with E-state index >= 15 is 0 Å². The molecule has 0 heterocycles. The van der Waals surface area contributed by atoms with Gasteiger partial charge in [-0.05, 0) is 11.6 Å². The van der Waals surface area contributed by atoms with Gasteiger partial charge in [0.25, 0.3) is 0 Å². The third-order valence-corrected chi connectivity index (χ3v) is 3.03. The Bertz CT molecular complexity index is 371. The zero-order valence-corrected chi connectivity index (χ0v) is 10.6. The van der Waals surface area contributed by atoms with Crippen molar-refractivity contribution in [3.05, 3.63) is 34.3 Å². The number of nitrogens with zero attached hydrogens (tertiary/aromatic N) is 1. The van der Waals surface area contributed by atoms with E-state index < -0.39 is 6.04 Å². The van der Waals surface area contributed by atoms with E-state index in [4.69, 9.17) is 10.8 Å². The van der Waals surface area contributed by atoms with E-state index in [0.717, 1.165) is 10.0 Å². The molecule has 5 heteroatoms. The molecule has 4 nitrogen and oxygen atoms in total. The van der Waals surface area contributed by atoms with E-state index in [1.807, 2.05) is 24.3 Å². The van der Waals surface area contributed by atoms with Crippen molar-refractivity contribution in [2.75, 3.05) is 13.7 Å². The Morgan fingerprint density at radius 1 is 1.56 bits per heavy atom. The quantitative estimate of drug-likeness (QED) is 0.858.